The maximum atomic E-state index is 13.0. The van der Waals surface area contributed by atoms with Gasteiger partial charge in [-0.2, -0.15) is 0 Å². The first-order chi connectivity index (χ1) is 16.1. The second kappa shape index (κ2) is 10.4. The fourth-order valence-electron chi connectivity index (χ4n) is 3.04. The van der Waals surface area contributed by atoms with E-state index in [9.17, 15) is 13.2 Å². The van der Waals surface area contributed by atoms with Crippen LogP contribution in [0.3, 0.4) is 0 Å². The summed E-state index contributed by atoms with van der Waals surface area (Å²) in [6.45, 7) is 7.31. The number of hydroxylamine groups is 1. The van der Waals surface area contributed by atoms with Crippen LogP contribution in [0.15, 0.2) is 30.5 Å². The molecule has 0 aliphatic carbocycles. The van der Waals surface area contributed by atoms with Crippen molar-refractivity contribution in [1.29, 1.82) is 0 Å². The van der Waals surface area contributed by atoms with Crippen molar-refractivity contribution in [2.45, 2.75) is 27.7 Å². The zero-order chi connectivity index (χ0) is 24.9. The molecule has 34 heavy (non-hydrogen) atoms. The summed E-state index contributed by atoms with van der Waals surface area (Å²) in [7, 11) is -3.59. The largest absolute Gasteiger partial charge is 0.352 e. The van der Waals surface area contributed by atoms with E-state index in [1.54, 1.807) is 45.0 Å². The van der Waals surface area contributed by atoms with Crippen LogP contribution in [-0.4, -0.2) is 47.1 Å². The van der Waals surface area contributed by atoms with Gasteiger partial charge in [-0.3, -0.25) is 14.4 Å². The van der Waals surface area contributed by atoms with Crippen molar-refractivity contribution in [1.82, 2.24) is 25.4 Å². The van der Waals surface area contributed by atoms with Gasteiger partial charge in [0, 0.05) is 23.7 Å². The molecule has 0 aliphatic rings. The third kappa shape index (κ3) is 6.59. The molecule has 3 aromatic rings. The number of hydrogen-bond donors (Lipinski definition) is 4. The number of aryl methyl sites for hydroxylation is 3. The van der Waals surface area contributed by atoms with E-state index in [0.717, 1.165) is 11.9 Å². The van der Waals surface area contributed by atoms with Gasteiger partial charge in [-0.05, 0) is 45.9 Å². The number of nitrogens with one attached hydrogen (secondary N) is 4. The molecule has 0 radical (unpaired) electrons. The van der Waals surface area contributed by atoms with Crippen LogP contribution in [0.25, 0.3) is 0 Å². The van der Waals surface area contributed by atoms with Gasteiger partial charge in [0.05, 0.1) is 24.2 Å². The summed E-state index contributed by atoms with van der Waals surface area (Å²) in [4.78, 5) is 35.3. The Hall–Kier alpha value is -3.84. The molecule has 0 aromatic carbocycles. The summed E-state index contributed by atoms with van der Waals surface area (Å²) >= 11 is 0. The molecule has 12 nitrogen and oxygen atoms in total. The molecule has 0 aliphatic heterocycles. The maximum absolute atomic E-state index is 13.0. The molecule has 3 heterocycles. The lowest BCUT2D eigenvalue weighted by atomic mass is 10.2. The number of amides is 1. The van der Waals surface area contributed by atoms with Crippen LogP contribution in [0.5, 0.6) is 0 Å². The highest BCUT2D eigenvalue weighted by atomic mass is 32.2. The summed E-state index contributed by atoms with van der Waals surface area (Å²) in [5.74, 6) is 0.737. The number of carbonyl (C=O) groups is 1. The van der Waals surface area contributed by atoms with Crippen LogP contribution in [-0.2, 0) is 14.9 Å². The Labute approximate surface area is 197 Å². The Bertz CT molecular complexity index is 1290. The summed E-state index contributed by atoms with van der Waals surface area (Å²) in [6, 6.07) is 6.66. The molecular formula is C21H26N8O4S. The van der Waals surface area contributed by atoms with Crippen molar-refractivity contribution in [3.8, 4) is 0 Å². The number of sulfonamides is 1. The molecule has 3 aromatic heterocycles. The first kappa shape index (κ1) is 24.8. The number of hydrogen-bond acceptors (Lipinski definition) is 10. The third-order valence-electron chi connectivity index (χ3n) is 4.29. The van der Waals surface area contributed by atoms with Gasteiger partial charge < -0.3 is 10.6 Å². The van der Waals surface area contributed by atoms with E-state index >= 15 is 0 Å². The highest BCUT2D eigenvalue weighted by molar-refractivity contribution is 7.92. The van der Waals surface area contributed by atoms with Crippen LogP contribution < -0.4 is 20.8 Å². The first-order valence-electron chi connectivity index (χ1n) is 10.3. The number of aromatic nitrogens is 4. The van der Waals surface area contributed by atoms with Crippen molar-refractivity contribution >= 4 is 44.8 Å². The lowest BCUT2D eigenvalue weighted by molar-refractivity contribution is 0.0366. The predicted octanol–water partition coefficient (Wildman–Crippen LogP) is 2.73. The Morgan fingerprint density at radius 1 is 0.971 bits per heavy atom. The minimum Gasteiger partial charge on any atom is -0.352 e. The van der Waals surface area contributed by atoms with E-state index in [-0.39, 0.29) is 23.8 Å². The van der Waals surface area contributed by atoms with Gasteiger partial charge in [-0.15, -0.1) is 0 Å². The highest BCUT2D eigenvalue weighted by Gasteiger charge is 2.21. The molecule has 0 saturated carbocycles. The molecule has 0 fully saturated rings. The van der Waals surface area contributed by atoms with Gasteiger partial charge in [-0.1, -0.05) is 0 Å². The standard InChI is InChI=1S/C21H26N8O4S/c1-6-33-28-21(30)18-15(26-16-8-7-12(2)24-19(16)29-34(5,31)32)9-10-22-20(18)27-17-11-13(3)23-14(4)25-17/h7-11H,6H2,1-5H3,(H,24,29)(H,28,30)(H2,22,23,25,26,27). The average molecular weight is 487 g/mol. The van der Waals surface area contributed by atoms with Crippen molar-refractivity contribution in [2.24, 2.45) is 0 Å². The minimum absolute atomic E-state index is 0.0898. The van der Waals surface area contributed by atoms with Crippen molar-refractivity contribution in [3.63, 3.8) is 0 Å². The monoisotopic (exact) mass is 486 g/mol. The van der Waals surface area contributed by atoms with Crippen molar-refractivity contribution in [3.05, 3.63) is 53.2 Å². The van der Waals surface area contributed by atoms with E-state index in [1.165, 1.54) is 6.20 Å². The quantitative estimate of drug-likeness (QED) is 0.331. The Morgan fingerprint density at radius 2 is 1.74 bits per heavy atom. The molecule has 0 spiro atoms. The lowest BCUT2D eigenvalue weighted by Crippen LogP contribution is -2.26. The average Bonchev–Trinajstić information content (AvgIpc) is 2.72. The molecule has 3 rings (SSSR count). The fourth-order valence-corrected chi connectivity index (χ4v) is 3.54. The number of pyridine rings is 2. The Balaban J connectivity index is 2.07. The molecule has 0 atom stereocenters. The van der Waals surface area contributed by atoms with Gasteiger partial charge in [-0.25, -0.2) is 33.8 Å². The second-order valence-corrected chi connectivity index (χ2v) is 9.11. The first-order valence-corrected chi connectivity index (χ1v) is 12.2. The number of nitrogens with zero attached hydrogens (tertiary/aromatic N) is 4. The number of rotatable bonds is 9. The molecule has 0 unspecified atom stereocenters. The van der Waals surface area contributed by atoms with E-state index < -0.39 is 15.9 Å². The summed E-state index contributed by atoms with van der Waals surface area (Å²) in [5, 5.41) is 6.13. The van der Waals surface area contributed by atoms with Crippen LogP contribution in [0.1, 0.15) is 34.5 Å². The Morgan fingerprint density at radius 3 is 2.41 bits per heavy atom. The van der Waals surface area contributed by atoms with Gasteiger partial charge in [0.15, 0.2) is 5.82 Å². The van der Waals surface area contributed by atoms with Gasteiger partial charge >= 0.3 is 0 Å². The molecular weight excluding hydrogens is 460 g/mol. The molecule has 1 amide bonds. The molecule has 180 valence electrons. The topological polar surface area (TPSA) is 160 Å². The van der Waals surface area contributed by atoms with Crippen LogP contribution in [0.2, 0.25) is 0 Å². The fraction of sp³-hybridized carbons (Fsp3) is 0.286. The van der Waals surface area contributed by atoms with Crippen LogP contribution >= 0.6 is 0 Å². The predicted molar refractivity (Wildman–Crippen MR) is 129 cm³/mol. The molecule has 0 saturated heterocycles. The second-order valence-electron chi connectivity index (χ2n) is 7.36. The number of anilines is 5. The molecule has 4 N–H and O–H groups in total. The summed E-state index contributed by atoms with van der Waals surface area (Å²) < 4.78 is 26.0. The summed E-state index contributed by atoms with van der Waals surface area (Å²) in [5.41, 5.74) is 4.51. The normalized spacial score (nSPS) is 11.1. The van der Waals surface area contributed by atoms with Crippen LogP contribution in [0, 0.1) is 20.8 Å². The smallest absolute Gasteiger partial charge is 0.280 e. The zero-order valence-corrected chi connectivity index (χ0v) is 20.2. The van der Waals surface area contributed by atoms with E-state index in [1.807, 2.05) is 6.92 Å². The Kier molecular flexibility index (Phi) is 7.58. The SMILES string of the molecule is CCONC(=O)c1c(Nc2ccc(C)nc2NS(C)(=O)=O)ccnc1Nc1cc(C)nc(C)n1. The maximum Gasteiger partial charge on any atom is 0.280 e. The lowest BCUT2D eigenvalue weighted by Gasteiger charge is -2.18. The zero-order valence-electron chi connectivity index (χ0n) is 19.4. The molecule has 13 heteroatoms. The van der Waals surface area contributed by atoms with Gasteiger partial charge in [0.25, 0.3) is 5.91 Å². The van der Waals surface area contributed by atoms with E-state index in [2.05, 4.69) is 40.8 Å². The van der Waals surface area contributed by atoms with E-state index in [0.29, 0.717) is 28.7 Å². The van der Waals surface area contributed by atoms with Gasteiger partial charge in [0.2, 0.25) is 10.0 Å². The van der Waals surface area contributed by atoms with Crippen molar-refractivity contribution in [2.75, 3.05) is 28.2 Å². The minimum atomic E-state index is -3.59. The van der Waals surface area contributed by atoms with Crippen molar-refractivity contribution < 1.29 is 18.0 Å². The highest BCUT2D eigenvalue weighted by Crippen LogP contribution is 2.30. The van der Waals surface area contributed by atoms with E-state index in [4.69, 9.17) is 4.84 Å². The van der Waals surface area contributed by atoms with Crippen LogP contribution in [0.4, 0.5) is 28.8 Å². The third-order valence-corrected chi connectivity index (χ3v) is 4.85. The molecule has 0 bridgehead atoms. The number of carbonyl (C=O) groups excluding carboxylic acids is 1. The summed E-state index contributed by atoms with van der Waals surface area (Å²) in [6.07, 6.45) is 2.52. The van der Waals surface area contributed by atoms with Gasteiger partial charge in [0.1, 0.15) is 23.0 Å².